The molecule has 2 rings (SSSR count). The molecule has 0 saturated heterocycles. The molecule has 110 valence electrons. The van der Waals surface area contributed by atoms with Crippen molar-refractivity contribution in [3.05, 3.63) is 47.9 Å². The SMILES string of the molecule is C=C1NC(SC)=NC(Nc2ccc(SC)cc2)=C1C(N)=O. The number of aliphatic imine (C=N–C) groups is 1. The van der Waals surface area contributed by atoms with Crippen LogP contribution in [0.4, 0.5) is 5.69 Å². The first-order valence-corrected chi connectivity index (χ1v) is 8.54. The highest BCUT2D eigenvalue weighted by atomic mass is 32.2. The summed E-state index contributed by atoms with van der Waals surface area (Å²) in [6.07, 6.45) is 3.90. The van der Waals surface area contributed by atoms with Crippen LogP contribution in [0.15, 0.2) is 57.8 Å². The van der Waals surface area contributed by atoms with E-state index in [1.807, 2.05) is 36.8 Å². The highest BCUT2D eigenvalue weighted by Crippen LogP contribution is 2.23. The number of amidine groups is 1. The Morgan fingerprint density at radius 3 is 2.48 bits per heavy atom. The summed E-state index contributed by atoms with van der Waals surface area (Å²) in [5.41, 5.74) is 6.97. The third kappa shape index (κ3) is 3.62. The van der Waals surface area contributed by atoms with Gasteiger partial charge in [0, 0.05) is 16.3 Å². The van der Waals surface area contributed by atoms with Crippen LogP contribution in [-0.2, 0) is 4.79 Å². The van der Waals surface area contributed by atoms with Crippen molar-refractivity contribution in [1.29, 1.82) is 0 Å². The number of nitrogens with one attached hydrogen (secondary N) is 2. The van der Waals surface area contributed by atoms with Crippen molar-refractivity contribution in [2.75, 3.05) is 17.8 Å². The number of benzene rings is 1. The number of rotatable bonds is 4. The molecule has 1 aromatic rings. The molecule has 4 N–H and O–H groups in total. The fraction of sp³-hybridized carbons (Fsp3) is 0.143. The maximum absolute atomic E-state index is 11.6. The minimum Gasteiger partial charge on any atom is -0.365 e. The van der Waals surface area contributed by atoms with E-state index in [9.17, 15) is 4.79 Å². The molecular weight excluding hydrogens is 304 g/mol. The van der Waals surface area contributed by atoms with E-state index >= 15 is 0 Å². The van der Waals surface area contributed by atoms with Crippen LogP contribution in [0, 0.1) is 0 Å². The van der Waals surface area contributed by atoms with E-state index in [1.54, 1.807) is 11.8 Å². The second-order valence-corrected chi connectivity index (χ2v) is 5.84. The van der Waals surface area contributed by atoms with Crippen LogP contribution < -0.4 is 16.4 Å². The fourth-order valence-corrected chi connectivity index (χ4v) is 2.60. The van der Waals surface area contributed by atoms with Crippen LogP contribution in [0.25, 0.3) is 0 Å². The lowest BCUT2D eigenvalue weighted by Crippen LogP contribution is -2.32. The van der Waals surface area contributed by atoms with Crippen molar-refractivity contribution < 1.29 is 4.79 Å². The van der Waals surface area contributed by atoms with Crippen LogP contribution >= 0.6 is 23.5 Å². The Hall–Kier alpha value is -1.86. The number of primary amides is 1. The monoisotopic (exact) mass is 320 g/mol. The molecule has 0 aromatic heterocycles. The molecule has 0 fully saturated rings. The summed E-state index contributed by atoms with van der Waals surface area (Å²) in [5.74, 6) is -0.160. The van der Waals surface area contributed by atoms with Gasteiger partial charge in [-0.3, -0.25) is 4.79 Å². The molecule has 0 unspecified atom stereocenters. The smallest absolute Gasteiger partial charge is 0.254 e. The van der Waals surface area contributed by atoms with Crippen molar-refractivity contribution in [2.24, 2.45) is 10.7 Å². The average Bonchev–Trinajstić information content (AvgIpc) is 2.47. The number of amides is 1. The second kappa shape index (κ2) is 6.73. The molecule has 5 nitrogen and oxygen atoms in total. The van der Waals surface area contributed by atoms with Crippen LogP contribution in [0.5, 0.6) is 0 Å². The average molecular weight is 320 g/mol. The zero-order valence-electron chi connectivity index (χ0n) is 11.8. The number of carbonyl (C=O) groups is 1. The second-order valence-electron chi connectivity index (χ2n) is 4.17. The number of thioether (sulfide) groups is 2. The third-order valence-electron chi connectivity index (χ3n) is 2.80. The summed E-state index contributed by atoms with van der Waals surface area (Å²) in [7, 11) is 0. The van der Waals surface area contributed by atoms with Gasteiger partial charge in [0.1, 0.15) is 11.4 Å². The van der Waals surface area contributed by atoms with E-state index in [1.165, 1.54) is 11.8 Å². The predicted molar refractivity (Wildman–Crippen MR) is 91.3 cm³/mol. The van der Waals surface area contributed by atoms with Gasteiger partial charge in [-0.15, -0.1) is 11.8 Å². The molecule has 1 aromatic carbocycles. The summed E-state index contributed by atoms with van der Waals surface area (Å²) in [6, 6.07) is 7.84. The van der Waals surface area contributed by atoms with Gasteiger partial charge in [-0.25, -0.2) is 4.99 Å². The Labute approximate surface area is 132 Å². The highest BCUT2D eigenvalue weighted by molar-refractivity contribution is 8.13. The first-order valence-electron chi connectivity index (χ1n) is 6.09. The van der Waals surface area contributed by atoms with Crippen LogP contribution in [0.3, 0.4) is 0 Å². The number of nitrogens with two attached hydrogens (primary N) is 1. The Bertz CT molecular complexity index is 635. The summed E-state index contributed by atoms with van der Waals surface area (Å²) in [6.45, 7) is 3.83. The van der Waals surface area contributed by atoms with E-state index in [-0.39, 0.29) is 5.57 Å². The van der Waals surface area contributed by atoms with E-state index in [0.717, 1.165) is 10.6 Å². The van der Waals surface area contributed by atoms with Crippen molar-refractivity contribution in [3.8, 4) is 0 Å². The van der Waals surface area contributed by atoms with Gasteiger partial charge in [0.15, 0.2) is 5.17 Å². The van der Waals surface area contributed by atoms with E-state index in [2.05, 4.69) is 22.2 Å². The summed E-state index contributed by atoms with van der Waals surface area (Å²) < 4.78 is 0. The largest absolute Gasteiger partial charge is 0.365 e. The maximum Gasteiger partial charge on any atom is 0.254 e. The third-order valence-corrected chi connectivity index (χ3v) is 4.13. The van der Waals surface area contributed by atoms with Gasteiger partial charge in [0.2, 0.25) is 0 Å². The molecule has 0 saturated carbocycles. The van der Waals surface area contributed by atoms with E-state index < -0.39 is 5.91 Å². The highest BCUT2D eigenvalue weighted by Gasteiger charge is 2.22. The molecule has 1 amide bonds. The lowest BCUT2D eigenvalue weighted by Gasteiger charge is -2.21. The fourth-order valence-electron chi connectivity index (χ4n) is 1.78. The Morgan fingerprint density at radius 1 is 1.29 bits per heavy atom. The van der Waals surface area contributed by atoms with Gasteiger partial charge >= 0.3 is 0 Å². The molecule has 0 radical (unpaired) electrons. The molecule has 0 spiro atoms. The number of carbonyl (C=O) groups excluding carboxylic acids is 1. The predicted octanol–water partition coefficient (Wildman–Crippen LogP) is 2.35. The van der Waals surface area contributed by atoms with Gasteiger partial charge in [-0.05, 0) is 36.8 Å². The Kier molecular flexibility index (Phi) is 4.98. The lowest BCUT2D eigenvalue weighted by atomic mass is 10.1. The number of anilines is 1. The Morgan fingerprint density at radius 2 is 1.95 bits per heavy atom. The molecule has 7 heteroatoms. The van der Waals surface area contributed by atoms with E-state index in [4.69, 9.17) is 5.73 Å². The lowest BCUT2D eigenvalue weighted by molar-refractivity contribution is -0.114. The van der Waals surface area contributed by atoms with Crippen molar-refractivity contribution in [3.63, 3.8) is 0 Å². The van der Waals surface area contributed by atoms with Gasteiger partial charge < -0.3 is 16.4 Å². The van der Waals surface area contributed by atoms with Crippen LogP contribution in [0.1, 0.15) is 0 Å². The van der Waals surface area contributed by atoms with Crippen molar-refractivity contribution in [2.45, 2.75) is 4.90 Å². The zero-order valence-corrected chi connectivity index (χ0v) is 13.4. The quantitative estimate of drug-likeness (QED) is 0.742. The number of nitrogens with zero attached hydrogens (tertiary/aromatic N) is 1. The van der Waals surface area contributed by atoms with Crippen LogP contribution in [-0.4, -0.2) is 23.6 Å². The van der Waals surface area contributed by atoms with Crippen molar-refractivity contribution >= 4 is 40.3 Å². The number of hydrogen-bond donors (Lipinski definition) is 3. The summed E-state index contributed by atoms with van der Waals surface area (Å²) >= 11 is 3.10. The molecule has 0 aliphatic carbocycles. The molecule has 1 aliphatic heterocycles. The van der Waals surface area contributed by atoms with Gasteiger partial charge in [-0.1, -0.05) is 18.3 Å². The molecule has 0 bridgehead atoms. The molecular formula is C14H16N4OS2. The van der Waals surface area contributed by atoms with E-state index in [0.29, 0.717) is 16.7 Å². The topological polar surface area (TPSA) is 79.5 Å². The zero-order chi connectivity index (χ0) is 15.4. The van der Waals surface area contributed by atoms with Crippen LogP contribution in [0.2, 0.25) is 0 Å². The number of hydrogen-bond acceptors (Lipinski definition) is 6. The maximum atomic E-state index is 11.6. The minimum atomic E-state index is -0.570. The van der Waals surface area contributed by atoms with Gasteiger partial charge in [0.05, 0.1) is 0 Å². The molecule has 1 heterocycles. The van der Waals surface area contributed by atoms with Crippen molar-refractivity contribution in [1.82, 2.24) is 5.32 Å². The molecule has 21 heavy (non-hydrogen) atoms. The summed E-state index contributed by atoms with van der Waals surface area (Å²) in [5, 5.41) is 6.73. The van der Waals surface area contributed by atoms with Gasteiger partial charge in [-0.2, -0.15) is 0 Å². The minimum absolute atomic E-state index is 0.266. The standard InChI is InChI=1S/C14H16N4OS2/c1-8-11(12(15)19)13(18-14(16-8)21-3)17-9-4-6-10(20-2)7-5-9/h4-7,17H,1H2,2-3H3,(H2,15,19)(H,16,18). The molecule has 0 atom stereocenters. The first-order chi connectivity index (χ1) is 10.0. The summed E-state index contributed by atoms with van der Waals surface area (Å²) in [4.78, 5) is 17.1. The normalized spacial score (nSPS) is 14.6. The Balaban J connectivity index is 2.36. The molecule has 1 aliphatic rings. The van der Waals surface area contributed by atoms with Gasteiger partial charge in [0.25, 0.3) is 5.91 Å². The first kappa shape index (κ1) is 15.5.